The molecule has 0 atom stereocenters. The van der Waals surface area contributed by atoms with Crippen molar-refractivity contribution in [1.82, 2.24) is 0 Å². The molecule has 0 heterocycles. The smallest absolute Gasteiger partial charge is 0.339 e. The van der Waals surface area contributed by atoms with E-state index >= 15 is 0 Å². The first-order chi connectivity index (χ1) is 6.90. The Morgan fingerprint density at radius 3 is 2.00 bits per heavy atom. The van der Waals surface area contributed by atoms with Gasteiger partial charge in [-0.25, -0.2) is 4.58 Å². The highest BCUT2D eigenvalue weighted by Crippen LogP contribution is 2.26. The highest BCUT2D eigenvalue weighted by Gasteiger charge is 2.30. The lowest BCUT2D eigenvalue weighted by Crippen LogP contribution is -2.34. The third-order valence-corrected chi connectivity index (χ3v) is 2.81. The summed E-state index contributed by atoms with van der Waals surface area (Å²) >= 11 is 0. The van der Waals surface area contributed by atoms with Gasteiger partial charge in [-0.05, 0) is 33.6 Å². The van der Waals surface area contributed by atoms with Crippen LogP contribution in [0.1, 0.15) is 52.9 Å². The summed E-state index contributed by atoms with van der Waals surface area (Å²) in [6, 6.07) is 0. The zero-order valence-corrected chi connectivity index (χ0v) is 11.0. The van der Waals surface area contributed by atoms with Crippen LogP contribution in [0.25, 0.3) is 0 Å². The highest BCUT2D eigenvalue weighted by molar-refractivity contribution is 5.74. The highest BCUT2D eigenvalue weighted by atomic mass is 16.5. The van der Waals surface area contributed by atoms with E-state index in [4.69, 9.17) is 4.74 Å². The van der Waals surface area contributed by atoms with Crippen molar-refractivity contribution in [3.8, 4) is 0 Å². The Morgan fingerprint density at radius 2 is 1.60 bits per heavy atom. The Morgan fingerprint density at radius 1 is 1.07 bits per heavy atom. The number of ether oxygens (including phenoxy) is 1. The molecule has 1 saturated carbocycles. The average Bonchev–Trinajstić information content (AvgIpc) is 2.14. The van der Waals surface area contributed by atoms with E-state index in [0.29, 0.717) is 5.92 Å². The van der Waals surface area contributed by atoms with Gasteiger partial charge in [0.15, 0.2) is 0 Å². The van der Waals surface area contributed by atoms with Gasteiger partial charge in [-0.15, -0.1) is 0 Å². The van der Waals surface area contributed by atoms with Gasteiger partial charge in [-0.2, -0.15) is 0 Å². The fourth-order valence-electron chi connectivity index (χ4n) is 2.20. The van der Waals surface area contributed by atoms with Crippen LogP contribution in [0.4, 0.5) is 0 Å². The molecule has 15 heavy (non-hydrogen) atoms. The first-order valence-corrected chi connectivity index (χ1v) is 6.13. The quantitative estimate of drug-likeness (QED) is 0.370. The van der Waals surface area contributed by atoms with Crippen LogP contribution >= 0.6 is 0 Å². The van der Waals surface area contributed by atoms with Crippen LogP contribution in [0.3, 0.4) is 0 Å². The summed E-state index contributed by atoms with van der Waals surface area (Å²) in [5.41, 5.74) is -0.0724. The van der Waals surface area contributed by atoms with Crippen molar-refractivity contribution in [2.24, 2.45) is 5.92 Å². The van der Waals surface area contributed by atoms with Crippen molar-refractivity contribution in [2.75, 3.05) is 14.1 Å². The zero-order chi connectivity index (χ0) is 11.5. The van der Waals surface area contributed by atoms with Crippen LogP contribution in [0.2, 0.25) is 0 Å². The van der Waals surface area contributed by atoms with E-state index in [9.17, 15) is 0 Å². The van der Waals surface area contributed by atoms with Gasteiger partial charge < -0.3 is 4.74 Å². The molecule has 0 aromatic heterocycles. The molecule has 0 N–H and O–H groups in total. The lowest BCUT2D eigenvalue weighted by molar-refractivity contribution is -0.479. The van der Waals surface area contributed by atoms with E-state index in [-0.39, 0.29) is 5.60 Å². The summed E-state index contributed by atoms with van der Waals surface area (Å²) in [7, 11) is 4.19. The SMILES string of the molecule is C[N+](C)=C(OC(C)(C)C)C1CCCCC1. The van der Waals surface area contributed by atoms with Gasteiger partial charge in [0.25, 0.3) is 0 Å². The molecule has 2 nitrogen and oxygen atoms in total. The van der Waals surface area contributed by atoms with Gasteiger partial charge >= 0.3 is 5.90 Å². The minimum absolute atomic E-state index is 0.0724. The number of hydrogen-bond acceptors (Lipinski definition) is 1. The van der Waals surface area contributed by atoms with Gasteiger partial charge in [0.2, 0.25) is 0 Å². The van der Waals surface area contributed by atoms with Crippen molar-refractivity contribution in [3.63, 3.8) is 0 Å². The molecule has 88 valence electrons. The Kier molecular flexibility index (Phi) is 4.18. The van der Waals surface area contributed by atoms with E-state index in [0.717, 1.165) is 0 Å². The molecule has 1 rings (SSSR count). The summed E-state index contributed by atoms with van der Waals surface area (Å²) in [5, 5.41) is 0. The van der Waals surface area contributed by atoms with Gasteiger partial charge in [-0.3, -0.25) is 0 Å². The monoisotopic (exact) mass is 212 g/mol. The molecule has 1 aliphatic rings. The minimum atomic E-state index is -0.0724. The molecule has 0 amide bonds. The van der Waals surface area contributed by atoms with Crippen LogP contribution in [0.5, 0.6) is 0 Å². The molecular weight excluding hydrogens is 186 g/mol. The van der Waals surface area contributed by atoms with Gasteiger partial charge in [-0.1, -0.05) is 19.3 Å². The van der Waals surface area contributed by atoms with Crippen LogP contribution < -0.4 is 0 Å². The first-order valence-electron chi connectivity index (χ1n) is 6.13. The second kappa shape index (κ2) is 5.00. The summed E-state index contributed by atoms with van der Waals surface area (Å²) in [6.45, 7) is 6.37. The Labute approximate surface area is 94.3 Å². The van der Waals surface area contributed by atoms with E-state index in [1.165, 1.54) is 38.0 Å². The van der Waals surface area contributed by atoms with Crippen LogP contribution in [0, 0.1) is 5.92 Å². The van der Waals surface area contributed by atoms with Crippen LogP contribution in [-0.2, 0) is 4.74 Å². The normalized spacial score (nSPS) is 18.7. The van der Waals surface area contributed by atoms with Gasteiger partial charge in [0.1, 0.15) is 19.7 Å². The Bertz CT molecular complexity index is 227. The largest absolute Gasteiger partial charge is 0.442 e. The molecule has 2 heteroatoms. The summed E-state index contributed by atoms with van der Waals surface area (Å²) in [4.78, 5) is 0. The zero-order valence-electron chi connectivity index (χ0n) is 11.0. The fraction of sp³-hybridized carbons (Fsp3) is 0.923. The Hall–Kier alpha value is -0.530. The lowest BCUT2D eigenvalue weighted by atomic mass is 9.89. The lowest BCUT2D eigenvalue weighted by Gasteiger charge is -2.26. The summed E-state index contributed by atoms with van der Waals surface area (Å²) in [5.74, 6) is 1.83. The Balaban J connectivity index is 2.70. The predicted octanol–water partition coefficient (Wildman–Crippen LogP) is 3.05. The maximum absolute atomic E-state index is 6.08. The number of nitrogens with zero attached hydrogens (tertiary/aromatic N) is 1. The molecular formula is C13H26NO+. The fourth-order valence-corrected chi connectivity index (χ4v) is 2.20. The molecule has 0 aromatic rings. The van der Waals surface area contributed by atoms with Gasteiger partial charge in [0.05, 0.1) is 5.92 Å². The molecule has 0 unspecified atom stereocenters. The first kappa shape index (κ1) is 12.5. The molecule has 0 spiro atoms. The maximum Gasteiger partial charge on any atom is 0.339 e. The molecule has 0 aromatic carbocycles. The molecule has 1 fully saturated rings. The third kappa shape index (κ3) is 4.23. The molecule has 0 aliphatic heterocycles. The van der Waals surface area contributed by atoms with Crippen LogP contribution in [-0.4, -0.2) is 30.2 Å². The van der Waals surface area contributed by atoms with E-state index in [2.05, 4.69) is 39.4 Å². The average molecular weight is 212 g/mol. The minimum Gasteiger partial charge on any atom is -0.442 e. The maximum atomic E-state index is 6.08. The molecule has 0 saturated heterocycles. The third-order valence-electron chi connectivity index (χ3n) is 2.81. The van der Waals surface area contributed by atoms with Crippen molar-refractivity contribution in [2.45, 2.75) is 58.5 Å². The van der Waals surface area contributed by atoms with E-state index < -0.39 is 0 Å². The van der Waals surface area contributed by atoms with Crippen molar-refractivity contribution >= 4 is 5.90 Å². The molecule has 0 bridgehead atoms. The number of rotatable bonds is 1. The topological polar surface area (TPSA) is 12.2 Å². The van der Waals surface area contributed by atoms with Gasteiger partial charge in [0, 0.05) is 0 Å². The van der Waals surface area contributed by atoms with Crippen molar-refractivity contribution in [1.29, 1.82) is 0 Å². The second-order valence-electron chi connectivity index (χ2n) is 5.78. The second-order valence-corrected chi connectivity index (χ2v) is 5.78. The standard InChI is InChI=1S/C13H26NO/c1-13(2,3)15-12(14(4)5)11-9-7-6-8-10-11/h11H,6-10H2,1-5H3/q+1. The van der Waals surface area contributed by atoms with Crippen molar-refractivity contribution < 1.29 is 9.31 Å². The van der Waals surface area contributed by atoms with Crippen LogP contribution in [0.15, 0.2) is 0 Å². The summed E-state index contributed by atoms with van der Waals surface area (Å²) < 4.78 is 8.24. The number of hydrogen-bond donors (Lipinski definition) is 0. The molecule has 1 aliphatic carbocycles. The van der Waals surface area contributed by atoms with Crippen molar-refractivity contribution in [3.05, 3.63) is 0 Å². The molecule has 0 radical (unpaired) electrons. The summed E-state index contributed by atoms with van der Waals surface area (Å²) in [6.07, 6.45) is 6.70. The van der Waals surface area contributed by atoms with E-state index in [1.807, 2.05) is 0 Å². The van der Waals surface area contributed by atoms with E-state index in [1.54, 1.807) is 0 Å². The predicted molar refractivity (Wildman–Crippen MR) is 64.5 cm³/mol.